The molecule has 1 saturated heterocycles. The van der Waals surface area contributed by atoms with E-state index in [2.05, 4.69) is 30.4 Å². The van der Waals surface area contributed by atoms with Crippen molar-refractivity contribution >= 4 is 34.2 Å². The van der Waals surface area contributed by atoms with Crippen molar-refractivity contribution in [2.24, 2.45) is 0 Å². The number of carboxylic acid groups (broad SMARTS) is 1. The first kappa shape index (κ1) is 35.2. The standard InChI is InChI=1S/C31H31ClFN5O3.Li.2H2O/c1-19-11-20(8-9-34-19)15-37(24-3-2-10-36(18-24)23-6-7-28(31(40)41)35-14-23)16-21-17-38(22-4-5-22)29-13-26(32)27(33)12-25(29)30(21)39;;;/h6-9,11-14,17,22,24H,2-5,10,15-16,18H2,1H3,(H,40,41);;2*1H2/q;+1;;/p-1/t24-;;;/m0.../s1. The van der Waals surface area contributed by atoms with Crippen LogP contribution in [0.4, 0.5) is 10.1 Å². The molecule has 0 spiro atoms. The van der Waals surface area contributed by atoms with Crippen LogP contribution >= 0.6 is 11.6 Å². The van der Waals surface area contributed by atoms with Gasteiger partial charge in [0.1, 0.15) is 11.5 Å². The normalized spacial score (nSPS) is 16.2. The number of rotatable bonds is 8. The maximum atomic E-state index is 14.5. The number of fused-ring (bicyclic) bond motifs is 1. The molecule has 44 heavy (non-hydrogen) atoms. The molecule has 10 nitrogen and oxygen atoms in total. The third kappa shape index (κ3) is 7.49. The number of carboxylic acids is 1. The Labute approximate surface area is 271 Å². The zero-order chi connectivity index (χ0) is 28.7. The van der Waals surface area contributed by atoms with Crippen LogP contribution in [0.3, 0.4) is 0 Å². The average Bonchev–Trinajstić information content (AvgIpc) is 3.81. The molecule has 2 fully saturated rings. The van der Waals surface area contributed by atoms with Crippen molar-refractivity contribution in [3.8, 4) is 0 Å². The number of aryl methyl sites for hydroxylation is 1. The van der Waals surface area contributed by atoms with Gasteiger partial charge in [-0.25, -0.2) is 14.2 Å². The minimum Gasteiger partial charge on any atom is -0.870 e. The van der Waals surface area contributed by atoms with E-state index in [1.807, 2.05) is 19.2 Å². The van der Waals surface area contributed by atoms with E-state index in [9.17, 15) is 19.1 Å². The number of aromatic carboxylic acids is 1. The second-order valence-electron chi connectivity index (χ2n) is 11.1. The summed E-state index contributed by atoms with van der Waals surface area (Å²) >= 11 is 6.11. The molecule has 13 heteroatoms. The van der Waals surface area contributed by atoms with Gasteiger partial charge in [-0.3, -0.25) is 14.7 Å². The Morgan fingerprint density at radius 2 is 1.91 bits per heavy atom. The summed E-state index contributed by atoms with van der Waals surface area (Å²) in [6.07, 6.45) is 9.25. The molecule has 3 aromatic heterocycles. The molecule has 4 aromatic rings. The first-order valence-electron chi connectivity index (χ1n) is 13.9. The number of anilines is 1. The third-order valence-corrected chi connectivity index (χ3v) is 8.34. The molecular weight excluding hydrogens is 584 g/mol. The van der Waals surface area contributed by atoms with Crippen molar-refractivity contribution in [1.29, 1.82) is 0 Å². The van der Waals surface area contributed by atoms with Gasteiger partial charge in [-0.2, -0.15) is 0 Å². The van der Waals surface area contributed by atoms with Crippen LogP contribution in [0.15, 0.2) is 59.8 Å². The topological polar surface area (TPSA) is 153 Å². The average molecular weight is 618 g/mol. The molecule has 0 amide bonds. The van der Waals surface area contributed by atoms with Crippen molar-refractivity contribution < 1.29 is 44.1 Å². The quantitative estimate of drug-likeness (QED) is 0.293. The molecule has 1 aliphatic heterocycles. The van der Waals surface area contributed by atoms with E-state index in [1.165, 1.54) is 12.1 Å². The Balaban J connectivity index is 0.00000176. The molecule has 0 bridgehead atoms. The number of pyridine rings is 3. The van der Waals surface area contributed by atoms with Gasteiger partial charge in [0.05, 0.1) is 22.4 Å². The number of hydrogen-bond donors (Lipinski definition) is 1. The van der Waals surface area contributed by atoms with Gasteiger partial charge in [-0.05, 0) is 74.6 Å². The van der Waals surface area contributed by atoms with Crippen molar-refractivity contribution in [2.45, 2.75) is 57.8 Å². The first-order valence-corrected chi connectivity index (χ1v) is 14.3. The van der Waals surface area contributed by atoms with Gasteiger partial charge < -0.3 is 25.5 Å². The van der Waals surface area contributed by atoms with E-state index in [-0.39, 0.29) is 58.0 Å². The van der Waals surface area contributed by atoms with Crippen LogP contribution in [-0.4, -0.2) is 60.6 Å². The Kier molecular flexibility index (Phi) is 11.7. The molecule has 4 heterocycles. The molecule has 228 valence electrons. The number of aromatic nitrogens is 3. The maximum Gasteiger partial charge on any atom is 1.00 e. The number of piperidine rings is 1. The maximum absolute atomic E-state index is 14.5. The number of benzene rings is 1. The molecular formula is C31H34ClFLiN5O5. The predicted octanol–water partition coefficient (Wildman–Crippen LogP) is 1.60. The molecule has 0 unspecified atom stereocenters. The van der Waals surface area contributed by atoms with Gasteiger partial charge in [-0.15, -0.1) is 0 Å². The van der Waals surface area contributed by atoms with Crippen molar-refractivity contribution in [3.63, 3.8) is 0 Å². The third-order valence-electron chi connectivity index (χ3n) is 8.05. The van der Waals surface area contributed by atoms with Crippen LogP contribution in [0.25, 0.3) is 10.9 Å². The Morgan fingerprint density at radius 1 is 1.14 bits per heavy atom. The van der Waals surface area contributed by atoms with Crippen LogP contribution in [0.1, 0.15) is 59.0 Å². The molecule has 0 radical (unpaired) electrons. The number of halogens is 2. The van der Waals surface area contributed by atoms with Crippen molar-refractivity contribution in [3.05, 3.63) is 98.6 Å². The van der Waals surface area contributed by atoms with Crippen LogP contribution in [0, 0.1) is 12.7 Å². The zero-order valence-electron chi connectivity index (χ0n) is 24.7. The largest absolute Gasteiger partial charge is 1.00 e. The number of hydrogen-bond acceptors (Lipinski definition) is 7. The van der Waals surface area contributed by atoms with E-state index in [0.29, 0.717) is 36.1 Å². The second kappa shape index (κ2) is 14.7. The molecule has 4 N–H and O–H groups in total. The Hall–Kier alpha value is -3.30. The Bertz CT molecular complexity index is 1690. The molecule has 2 aliphatic rings. The molecule has 1 saturated carbocycles. The summed E-state index contributed by atoms with van der Waals surface area (Å²) in [5, 5.41) is 9.60. The molecule has 1 atom stereocenters. The molecule has 1 aliphatic carbocycles. The van der Waals surface area contributed by atoms with Crippen LogP contribution in [0.5, 0.6) is 0 Å². The van der Waals surface area contributed by atoms with Gasteiger partial charge >= 0.3 is 24.8 Å². The minimum absolute atomic E-state index is 0. The Morgan fingerprint density at radius 3 is 2.57 bits per heavy atom. The van der Waals surface area contributed by atoms with E-state index in [0.717, 1.165) is 49.2 Å². The smallest absolute Gasteiger partial charge is 0.870 e. The van der Waals surface area contributed by atoms with Gasteiger partial charge in [0.15, 0.2) is 5.43 Å². The van der Waals surface area contributed by atoms with Crippen LogP contribution in [0.2, 0.25) is 5.02 Å². The fourth-order valence-corrected chi connectivity index (χ4v) is 5.98. The number of nitrogens with zero attached hydrogens (tertiary/aromatic N) is 5. The SMILES string of the molecule is Cc1cc(CN(Cc2cn(C3CC3)c3cc(Cl)c(F)cc3c2=O)[C@H]2CCCN(c3ccc(C(=O)O)nc3)C2)ccn1.O.[Li+].[OH-]. The summed E-state index contributed by atoms with van der Waals surface area (Å²) in [7, 11) is 0. The second-order valence-corrected chi connectivity index (χ2v) is 11.5. The van der Waals surface area contributed by atoms with Crippen LogP contribution < -0.4 is 29.2 Å². The predicted molar refractivity (Wildman–Crippen MR) is 162 cm³/mol. The minimum atomic E-state index is -1.05. The first-order chi connectivity index (χ1) is 19.8. The summed E-state index contributed by atoms with van der Waals surface area (Å²) < 4.78 is 16.6. The summed E-state index contributed by atoms with van der Waals surface area (Å²) in [4.78, 5) is 38.0. The van der Waals surface area contributed by atoms with Gasteiger partial charge in [0.2, 0.25) is 0 Å². The van der Waals surface area contributed by atoms with Crippen molar-refractivity contribution in [1.82, 2.24) is 19.4 Å². The van der Waals surface area contributed by atoms with Gasteiger partial charge in [0.25, 0.3) is 0 Å². The van der Waals surface area contributed by atoms with E-state index in [4.69, 9.17) is 11.6 Å². The van der Waals surface area contributed by atoms with E-state index in [1.54, 1.807) is 24.5 Å². The van der Waals surface area contributed by atoms with E-state index < -0.39 is 11.8 Å². The monoisotopic (exact) mass is 617 g/mol. The molecule has 6 rings (SSSR count). The fourth-order valence-electron chi connectivity index (χ4n) is 5.83. The summed E-state index contributed by atoms with van der Waals surface area (Å²) in [5.74, 6) is -1.65. The zero-order valence-corrected chi connectivity index (χ0v) is 25.5. The summed E-state index contributed by atoms with van der Waals surface area (Å²) in [6.45, 7) is 4.52. The van der Waals surface area contributed by atoms with E-state index >= 15 is 0 Å². The number of carbonyl (C=O) groups is 1. The molecule has 1 aromatic carbocycles. The van der Waals surface area contributed by atoms with Gasteiger partial charge in [-0.1, -0.05) is 11.6 Å². The van der Waals surface area contributed by atoms with Crippen LogP contribution in [-0.2, 0) is 13.1 Å². The van der Waals surface area contributed by atoms with Gasteiger partial charge in [0, 0.05) is 67.3 Å². The summed E-state index contributed by atoms with van der Waals surface area (Å²) in [5.41, 5.74) is 4.03. The summed E-state index contributed by atoms with van der Waals surface area (Å²) in [6, 6.07) is 10.6. The van der Waals surface area contributed by atoms with Crippen molar-refractivity contribution in [2.75, 3.05) is 18.0 Å². The fraction of sp³-hybridized carbons (Fsp3) is 0.355.